The van der Waals surface area contributed by atoms with Crippen molar-refractivity contribution in [1.29, 1.82) is 0 Å². The first-order valence-corrected chi connectivity index (χ1v) is 4.56. The van der Waals surface area contributed by atoms with Gasteiger partial charge in [0.1, 0.15) is 0 Å². The molecule has 0 aliphatic heterocycles. The molecule has 0 fully saturated rings. The minimum absolute atomic E-state index is 0.336. The van der Waals surface area contributed by atoms with E-state index in [1.165, 1.54) is 6.92 Å². The van der Waals surface area contributed by atoms with E-state index < -0.39 is 20.6 Å². The van der Waals surface area contributed by atoms with Gasteiger partial charge in [-0.15, -0.1) is 0 Å². The lowest BCUT2D eigenvalue weighted by Crippen LogP contribution is -2.15. The van der Waals surface area contributed by atoms with Crippen molar-refractivity contribution in [3.63, 3.8) is 0 Å². The monoisotopic (exact) mass is 226 g/mol. The molecule has 0 amide bonds. The standard InChI is InChI=1S/C4H7F4O4P/c1-2-10-13(9,12-8)11-4(7)3(5)6/h3-4H,2H2,1H3. The molecule has 0 heterocycles. The maximum Gasteiger partial charge on any atom is 0.508 e. The average molecular weight is 226 g/mol. The summed E-state index contributed by atoms with van der Waals surface area (Å²) in [7, 11) is -4.83. The molecule has 0 saturated heterocycles. The zero-order valence-corrected chi connectivity index (χ0v) is 7.35. The molecule has 0 spiro atoms. The smallest absolute Gasteiger partial charge is 0.285 e. The summed E-state index contributed by atoms with van der Waals surface area (Å²) in [4.78, 5) is 0. The summed E-state index contributed by atoms with van der Waals surface area (Å²) in [6.45, 7) is 0.932. The van der Waals surface area contributed by atoms with Crippen LogP contribution in [-0.4, -0.2) is 19.4 Å². The van der Waals surface area contributed by atoms with E-state index in [2.05, 4.69) is 13.8 Å². The molecule has 80 valence electrons. The first kappa shape index (κ1) is 12.8. The summed E-state index contributed by atoms with van der Waals surface area (Å²) in [5.41, 5.74) is 0. The maximum absolute atomic E-state index is 12.1. The Morgan fingerprint density at radius 2 is 1.92 bits per heavy atom. The predicted octanol–water partition coefficient (Wildman–Crippen LogP) is 2.61. The molecule has 0 aromatic carbocycles. The Morgan fingerprint density at radius 3 is 2.23 bits per heavy atom. The summed E-state index contributed by atoms with van der Waals surface area (Å²) in [6.07, 6.45) is -6.77. The topological polar surface area (TPSA) is 44.8 Å². The molecule has 13 heavy (non-hydrogen) atoms. The van der Waals surface area contributed by atoms with Gasteiger partial charge in [0.25, 0.3) is 12.8 Å². The van der Waals surface area contributed by atoms with E-state index in [1.807, 2.05) is 0 Å². The maximum atomic E-state index is 12.1. The summed E-state index contributed by atoms with van der Waals surface area (Å²) < 4.78 is 67.1. The Morgan fingerprint density at radius 1 is 1.38 bits per heavy atom. The highest BCUT2D eigenvalue weighted by molar-refractivity contribution is 7.48. The van der Waals surface area contributed by atoms with Gasteiger partial charge in [0.05, 0.1) is 6.61 Å². The van der Waals surface area contributed by atoms with Crippen molar-refractivity contribution in [3.8, 4) is 0 Å². The highest BCUT2D eigenvalue weighted by atomic mass is 31.2. The lowest BCUT2D eigenvalue weighted by Gasteiger charge is -2.14. The van der Waals surface area contributed by atoms with Gasteiger partial charge in [-0.05, 0) is 11.4 Å². The molecule has 4 nitrogen and oxygen atoms in total. The van der Waals surface area contributed by atoms with Gasteiger partial charge in [-0.3, -0.25) is 4.52 Å². The molecule has 2 unspecified atom stereocenters. The second kappa shape index (κ2) is 5.54. The largest absolute Gasteiger partial charge is 0.508 e. The molecule has 0 bridgehead atoms. The molecule has 2 atom stereocenters. The summed E-state index contributed by atoms with van der Waals surface area (Å²) in [6, 6.07) is 0. The first-order valence-electron chi connectivity index (χ1n) is 3.10. The Labute approximate surface area is 71.3 Å². The third kappa shape index (κ3) is 4.56. The van der Waals surface area contributed by atoms with E-state index in [-0.39, 0.29) is 6.61 Å². The van der Waals surface area contributed by atoms with Crippen molar-refractivity contribution >= 4 is 7.82 Å². The SMILES string of the molecule is CCOP(=O)(OF)OC(F)C(F)F. The molecular formula is C4H7F4O4P. The number of phosphoric ester groups is 1. The van der Waals surface area contributed by atoms with Gasteiger partial charge in [0.15, 0.2) is 0 Å². The van der Waals surface area contributed by atoms with Crippen molar-refractivity contribution < 1.29 is 36.0 Å². The van der Waals surface area contributed by atoms with Crippen LogP contribution in [0.3, 0.4) is 0 Å². The Kier molecular flexibility index (Phi) is 5.46. The third-order valence-electron chi connectivity index (χ3n) is 0.800. The van der Waals surface area contributed by atoms with Crippen LogP contribution < -0.4 is 0 Å². The summed E-state index contributed by atoms with van der Waals surface area (Å²) in [5.74, 6) is 0. The number of hydrogen-bond donors (Lipinski definition) is 0. The van der Waals surface area contributed by atoms with Crippen molar-refractivity contribution in [2.75, 3.05) is 6.61 Å². The third-order valence-corrected chi connectivity index (χ3v) is 2.00. The van der Waals surface area contributed by atoms with Gasteiger partial charge in [-0.25, -0.2) is 22.3 Å². The fraction of sp³-hybridized carbons (Fsp3) is 1.00. The van der Waals surface area contributed by atoms with Gasteiger partial charge in [0, 0.05) is 0 Å². The van der Waals surface area contributed by atoms with Crippen molar-refractivity contribution in [3.05, 3.63) is 0 Å². The highest BCUT2D eigenvalue weighted by Gasteiger charge is 2.36. The Hall–Kier alpha value is -0.170. The second-order valence-corrected chi connectivity index (χ2v) is 3.23. The molecule has 0 N–H and O–H groups in total. The van der Waals surface area contributed by atoms with E-state index in [9.17, 15) is 22.3 Å². The predicted molar refractivity (Wildman–Crippen MR) is 33.4 cm³/mol. The second-order valence-electron chi connectivity index (χ2n) is 1.73. The number of alkyl halides is 3. The average Bonchev–Trinajstić information content (AvgIpc) is 2.04. The fourth-order valence-electron chi connectivity index (χ4n) is 0.394. The Bertz CT molecular complexity index is 189. The van der Waals surface area contributed by atoms with Crippen LogP contribution in [0.1, 0.15) is 6.92 Å². The van der Waals surface area contributed by atoms with Crippen molar-refractivity contribution in [2.45, 2.75) is 19.7 Å². The van der Waals surface area contributed by atoms with Crippen LogP contribution in [0.15, 0.2) is 0 Å². The van der Waals surface area contributed by atoms with Crippen LogP contribution in [0, 0.1) is 0 Å². The fourth-order valence-corrected chi connectivity index (χ4v) is 1.18. The number of halogens is 4. The van der Waals surface area contributed by atoms with E-state index in [1.54, 1.807) is 0 Å². The number of phosphoric acid groups is 1. The summed E-state index contributed by atoms with van der Waals surface area (Å²) >= 11 is 0. The van der Waals surface area contributed by atoms with Crippen LogP contribution in [0.5, 0.6) is 0 Å². The lowest BCUT2D eigenvalue weighted by atomic mass is 10.7. The zero-order valence-electron chi connectivity index (χ0n) is 6.45. The van der Waals surface area contributed by atoms with E-state index in [0.29, 0.717) is 0 Å². The molecule has 0 saturated carbocycles. The zero-order chi connectivity index (χ0) is 10.5. The van der Waals surface area contributed by atoms with E-state index in [4.69, 9.17) is 0 Å². The van der Waals surface area contributed by atoms with Gasteiger partial charge in [-0.1, -0.05) is 4.73 Å². The van der Waals surface area contributed by atoms with Gasteiger partial charge < -0.3 is 0 Å². The molecule has 0 rings (SSSR count). The van der Waals surface area contributed by atoms with Crippen LogP contribution >= 0.6 is 7.82 Å². The van der Waals surface area contributed by atoms with Crippen molar-refractivity contribution in [2.24, 2.45) is 0 Å². The van der Waals surface area contributed by atoms with Crippen LogP contribution in [0.4, 0.5) is 17.7 Å². The molecule has 9 heteroatoms. The molecule has 0 aliphatic carbocycles. The quantitative estimate of drug-likeness (QED) is 0.515. The molecule has 0 aliphatic rings. The van der Waals surface area contributed by atoms with Gasteiger partial charge in [0.2, 0.25) is 0 Å². The van der Waals surface area contributed by atoms with Gasteiger partial charge >= 0.3 is 7.82 Å². The van der Waals surface area contributed by atoms with E-state index >= 15 is 0 Å². The first-order chi connectivity index (χ1) is 5.95. The van der Waals surface area contributed by atoms with E-state index in [0.717, 1.165) is 0 Å². The van der Waals surface area contributed by atoms with Crippen molar-refractivity contribution in [1.82, 2.24) is 0 Å². The normalized spacial score (nSPS) is 18.6. The van der Waals surface area contributed by atoms with Crippen LogP contribution in [-0.2, 0) is 18.3 Å². The molecule has 0 radical (unpaired) electrons. The molecule has 0 aromatic heterocycles. The van der Waals surface area contributed by atoms with Gasteiger partial charge in [-0.2, -0.15) is 0 Å². The molecular weight excluding hydrogens is 219 g/mol. The number of hydrogen-bond acceptors (Lipinski definition) is 4. The minimum Gasteiger partial charge on any atom is -0.285 e. The lowest BCUT2D eigenvalue weighted by molar-refractivity contribution is -0.119. The Balaban J connectivity index is 4.18. The number of rotatable bonds is 6. The minimum atomic E-state index is -4.83. The van der Waals surface area contributed by atoms with Crippen LogP contribution in [0.2, 0.25) is 0 Å². The summed E-state index contributed by atoms with van der Waals surface area (Å²) in [5, 5.41) is 0. The highest BCUT2D eigenvalue weighted by Crippen LogP contribution is 2.51. The molecule has 0 aromatic rings. The van der Waals surface area contributed by atoms with Crippen LogP contribution in [0.25, 0.3) is 0 Å².